The van der Waals surface area contributed by atoms with E-state index in [1.165, 1.54) is 0 Å². The van der Waals surface area contributed by atoms with Crippen LogP contribution in [-0.2, 0) is 12.1 Å². The van der Waals surface area contributed by atoms with Crippen molar-refractivity contribution in [3.05, 3.63) is 40.8 Å². The minimum Gasteiger partial charge on any atom is -0.496 e. The lowest BCUT2D eigenvalue weighted by Gasteiger charge is -2.24. The van der Waals surface area contributed by atoms with Gasteiger partial charge in [0.25, 0.3) is 0 Å². The molecular formula is C22H34IN3O5. The van der Waals surface area contributed by atoms with E-state index in [-0.39, 0.29) is 30.5 Å². The van der Waals surface area contributed by atoms with Gasteiger partial charge in [-0.25, -0.2) is 4.99 Å². The van der Waals surface area contributed by atoms with E-state index >= 15 is 0 Å². The molecule has 1 atom stereocenters. The number of ether oxygens (including phenoxy) is 3. The van der Waals surface area contributed by atoms with E-state index in [2.05, 4.69) is 15.6 Å². The maximum absolute atomic E-state index is 10.9. The molecular weight excluding hydrogens is 513 g/mol. The molecule has 0 spiro atoms. The highest BCUT2D eigenvalue weighted by molar-refractivity contribution is 14.0. The molecule has 0 aliphatic carbocycles. The summed E-state index contributed by atoms with van der Waals surface area (Å²) in [7, 11) is 4.78. The summed E-state index contributed by atoms with van der Waals surface area (Å²) < 4.78 is 21.8. The molecule has 0 radical (unpaired) electrons. The van der Waals surface area contributed by atoms with Gasteiger partial charge in [-0.3, -0.25) is 0 Å². The molecule has 0 bridgehead atoms. The van der Waals surface area contributed by atoms with Gasteiger partial charge in [0, 0.05) is 24.2 Å². The monoisotopic (exact) mass is 547 g/mol. The van der Waals surface area contributed by atoms with Gasteiger partial charge in [-0.15, -0.1) is 24.0 Å². The molecule has 0 aliphatic rings. The van der Waals surface area contributed by atoms with Crippen LogP contribution in [0.2, 0.25) is 0 Å². The topological polar surface area (TPSA) is 97.5 Å². The summed E-state index contributed by atoms with van der Waals surface area (Å²) in [6, 6.07) is 5.44. The molecule has 0 fully saturated rings. The highest BCUT2D eigenvalue weighted by atomic mass is 127. The van der Waals surface area contributed by atoms with E-state index in [4.69, 9.17) is 18.6 Å². The van der Waals surface area contributed by atoms with Gasteiger partial charge in [0.1, 0.15) is 34.4 Å². The minimum atomic E-state index is -1.12. The van der Waals surface area contributed by atoms with Crippen LogP contribution in [0.5, 0.6) is 17.2 Å². The van der Waals surface area contributed by atoms with Crippen LogP contribution in [0.25, 0.3) is 0 Å². The molecule has 9 heteroatoms. The van der Waals surface area contributed by atoms with Gasteiger partial charge in [-0.2, -0.15) is 0 Å². The number of methoxy groups -OCH3 is 3. The van der Waals surface area contributed by atoms with E-state index < -0.39 is 5.60 Å². The van der Waals surface area contributed by atoms with Crippen LogP contribution >= 0.6 is 24.0 Å². The number of hydrogen-bond donors (Lipinski definition) is 3. The molecule has 2 aromatic rings. The first-order chi connectivity index (χ1) is 14.2. The SMILES string of the molecule is CCNC(=NCc1c(OC)cc(OC)cc1OC)NCC(C)(O)c1cc(C)oc1C.I. The largest absolute Gasteiger partial charge is 0.496 e. The Morgan fingerprint density at radius 1 is 1.06 bits per heavy atom. The Bertz CT molecular complexity index is 855. The first-order valence-corrected chi connectivity index (χ1v) is 9.86. The van der Waals surface area contributed by atoms with Crippen molar-refractivity contribution in [2.24, 2.45) is 4.99 Å². The predicted octanol–water partition coefficient (Wildman–Crippen LogP) is 3.50. The van der Waals surface area contributed by atoms with E-state index in [1.807, 2.05) is 26.8 Å². The van der Waals surface area contributed by atoms with Gasteiger partial charge in [0.2, 0.25) is 0 Å². The van der Waals surface area contributed by atoms with E-state index in [0.29, 0.717) is 42.1 Å². The highest BCUT2D eigenvalue weighted by Gasteiger charge is 2.28. The smallest absolute Gasteiger partial charge is 0.191 e. The number of benzene rings is 1. The lowest BCUT2D eigenvalue weighted by molar-refractivity contribution is 0.0601. The summed E-state index contributed by atoms with van der Waals surface area (Å²) in [6.07, 6.45) is 0. The van der Waals surface area contributed by atoms with Gasteiger partial charge in [-0.05, 0) is 33.8 Å². The van der Waals surface area contributed by atoms with E-state index in [9.17, 15) is 5.11 Å². The quantitative estimate of drug-likeness (QED) is 0.251. The average Bonchev–Trinajstić information content (AvgIpc) is 3.08. The Balaban J connectivity index is 0.00000480. The molecule has 1 unspecified atom stereocenters. The number of nitrogens with zero attached hydrogens (tertiary/aromatic N) is 1. The fourth-order valence-corrected chi connectivity index (χ4v) is 3.25. The van der Waals surface area contributed by atoms with Crippen molar-refractivity contribution in [1.82, 2.24) is 10.6 Å². The van der Waals surface area contributed by atoms with Crippen molar-refractivity contribution in [2.45, 2.75) is 39.8 Å². The van der Waals surface area contributed by atoms with Crippen molar-refractivity contribution >= 4 is 29.9 Å². The zero-order chi connectivity index (χ0) is 22.3. The van der Waals surface area contributed by atoms with Crippen molar-refractivity contribution in [2.75, 3.05) is 34.4 Å². The van der Waals surface area contributed by atoms with Crippen LogP contribution in [-0.4, -0.2) is 45.5 Å². The van der Waals surface area contributed by atoms with Crippen LogP contribution in [0.15, 0.2) is 27.6 Å². The molecule has 0 saturated heterocycles. The summed E-state index contributed by atoms with van der Waals surface area (Å²) in [6.45, 7) is 8.69. The Morgan fingerprint density at radius 3 is 2.13 bits per heavy atom. The van der Waals surface area contributed by atoms with Gasteiger partial charge < -0.3 is 34.4 Å². The van der Waals surface area contributed by atoms with Gasteiger partial charge in [0.05, 0.1) is 40.0 Å². The summed E-state index contributed by atoms with van der Waals surface area (Å²) in [4.78, 5) is 4.64. The second-order valence-electron chi connectivity index (χ2n) is 7.16. The van der Waals surface area contributed by atoms with Crippen LogP contribution < -0.4 is 24.8 Å². The first-order valence-electron chi connectivity index (χ1n) is 9.86. The molecule has 0 aliphatic heterocycles. The first kappa shape index (κ1) is 26.9. The zero-order valence-electron chi connectivity index (χ0n) is 19.3. The minimum absolute atomic E-state index is 0. The summed E-state index contributed by atoms with van der Waals surface area (Å²) in [5.41, 5.74) is 0.431. The number of furan rings is 1. The van der Waals surface area contributed by atoms with Crippen LogP contribution in [0.4, 0.5) is 0 Å². The molecule has 8 nitrogen and oxygen atoms in total. The lowest BCUT2D eigenvalue weighted by atomic mass is 9.96. The fraction of sp³-hybridized carbons (Fsp3) is 0.500. The van der Waals surface area contributed by atoms with Crippen molar-refractivity contribution in [1.29, 1.82) is 0 Å². The predicted molar refractivity (Wildman–Crippen MR) is 132 cm³/mol. The molecule has 0 saturated carbocycles. The summed E-state index contributed by atoms with van der Waals surface area (Å²) >= 11 is 0. The third-order valence-electron chi connectivity index (χ3n) is 4.78. The van der Waals surface area contributed by atoms with Crippen LogP contribution in [0.3, 0.4) is 0 Å². The highest BCUT2D eigenvalue weighted by Crippen LogP contribution is 2.34. The van der Waals surface area contributed by atoms with Gasteiger partial charge in [0.15, 0.2) is 5.96 Å². The maximum Gasteiger partial charge on any atom is 0.191 e. The number of nitrogens with one attached hydrogen (secondary N) is 2. The second-order valence-corrected chi connectivity index (χ2v) is 7.16. The second kappa shape index (κ2) is 12.0. The molecule has 1 aromatic carbocycles. The number of guanidine groups is 1. The Labute approximate surface area is 201 Å². The van der Waals surface area contributed by atoms with Crippen molar-refractivity contribution < 1.29 is 23.7 Å². The van der Waals surface area contributed by atoms with E-state index in [0.717, 1.165) is 16.9 Å². The number of hydrogen-bond acceptors (Lipinski definition) is 6. The van der Waals surface area contributed by atoms with E-state index in [1.54, 1.807) is 40.4 Å². The molecule has 1 heterocycles. The number of halogens is 1. The number of aryl methyl sites for hydroxylation is 2. The Morgan fingerprint density at radius 2 is 1.68 bits per heavy atom. The Kier molecular flexibility index (Phi) is 10.4. The third kappa shape index (κ3) is 6.93. The van der Waals surface area contributed by atoms with Crippen LogP contribution in [0.1, 0.15) is 36.5 Å². The Hall–Kier alpha value is -2.14. The average molecular weight is 547 g/mol. The normalized spacial score (nSPS) is 13.1. The maximum atomic E-state index is 10.9. The molecule has 3 N–H and O–H groups in total. The zero-order valence-corrected chi connectivity index (χ0v) is 21.6. The standard InChI is InChI=1S/C22H33N3O5.HI/c1-8-23-21(25-13-22(4,26)18-9-14(2)30-15(18)3)24-12-17-19(28-6)10-16(27-5)11-20(17)29-7;/h9-11,26H,8,12-13H2,1-7H3,(H2,23,24,25);1H. The molecule has 31 heavy (non-hydrogen) atoms. The number of aliphatic imine (C=N–C) groups is 1. The van der Waals surface area contributed by atoms with Gasteiger partial charge >= 0.3 is 0 Å². The molecule has 2 rings (SSSR count). The third-order valence-corrected chi connectivity index (χ3v) is 4.78. The number of rotatable bonds is 9. The molecule has 174 valence electrons. The summed E-state index contributed by atoms with van der Waals surface area (Å²) in [5.74, 6) is 3.93. The molecule has 1 aromatic heterocycles. The van der Waals surface area contributed by atoms with Crippen molar-refractivity contribution in [3.8, 4) is 17.2 Å². The van der Waals surface area contributed by atoms with Crippen LogP contribution in [0, 0.1) is 13.8 Å². The molecule has 0 amide bonds. The lowest BCUT2D eigenvalue weighted by Crippen LogP contribution is -2.44. The fourth-order valence-electron chi connectivity index (χ4n) is 3.25. The van der Waals surface area contributed by atoms with Crippen molar-refractivity contribution in [3.63, 3.8) is 0 Å². The number of aliphatic hydroxyl groups is 1. The van der Waals surface area contributed by atoms with Gasteiger partial charge in [-0.1, -0.05) is 0 Å². The summed E-state index contributed by atoms with van der Waals surface area (Å²) in [5, 5.41) is 17.3.